The molecule has 0 bridgehead atoms. The van der Waals surface area contributed by atoms with E-state index in [4.69, 9.17) is 4.74 Å². The second-order valence-electron chi connectivity index (χ2n) is 4.81. The summed E-state index contributed by atoms with van der Waals surface area (Å²) >= 11 is 0. The number of benzene rings is 2. The quantitative estimate of drug-likeness (QED) is 0.600. The van der Waals surface area contributed by atoms with Crippen molar-refractivity contribution in [3.8, 4) is 28.7 Å². The third-order valence-electron chi connectivity index (χ3n) is 3.50. The molecule has 1 atom stereocenters. The highest BCUT2D eigenvalue weighted by atomic mass is 16.5. The van der Waals surface area contributed by atoms with Crippen molar-refractivity contribution in [2.45, 2.75) is 18.9 Å². The normalized spacial score (nSPS) is 17.3. The van der Waals surface area contributed by atoms with Crippen molar-refractivity contribution in [3.05, 3.63) is 41.5 Å². The van der Waals surface area contributed by atoms with Crippen LogP contribution in [0.3, 0.4) is 0 Å². The monoisotopic (exact) mass is 274 g/mol. The van der Waals surface area contributed by atoms with Gasteiger partial charge in [0.05, 0.1) is 0 Å². The van der Waals surface area contributed by atoms with E-state index in [9.17, 15) is 20.4 Å². The molecule has 1 aliphatic rings. The third kappa shape index (κ3) is 1.97. The van der Waals surface area contributed by atoms with Crippen molar-refractivity contribution in [2.24, 2.45) is 0 Å². The molecule has 5 heteroatoms. The average Bonchev–Trinajstić information content (AvgIpc) is 2.46. The second kappa shape index (κ2) is 4.52. The number of aryl methyl sites for hydroxylation is 1. The van der Waals surface area contributed by atoms with Crippen molar-refractivity contribution in [2.75, 3.05) is 0 Å². The van der Waals surface area contributed by atoms with Gasteiger partial charge in [0, 0.05) is 0 Å². The number of phenols is 4. The molecule has 0 radical (unpaired) electrons. The molecule has 0 fully saturated rings. The van der Waals surface area contributed by atoms with Crippen LogP contribution in [0.5, 0.6) is 28.7 Å². The molecule has 3 rings (SSSR count). The zero-order chi connectivity index (χ0) is 14.3. The molecule has 1 heterocycles. The van der Waals surface area contributed by atoms with E-state index in [0.717, 1.165) is 5.56 Å². The highest BCUT2D eigenvalue weighted by molar-refractivity contribution is 5.55. The van der Waals surface area contributed by atoms with Gasteiger partial charge in [0.15, 0.2) is 23.0 Å². The van der Waals surface area contributed by atoms with Gasteiger partial charge in [0.2, 0.25) is 5.75 Å². The largest absolute Gasteiger partial charge is 0.504 e. The van der Waals surface area contributed by atoms with E-state index in [-0.39, 0.29) is 34.9 Å². The molecule has 0 saturated heterocycles. The molecule has 1 unspecified atom stereocenters. The number of hydrogen-bond acceptors (Lipinski definition) is 5. The lowest BCUT2D eigenvalue weighted by atomic mass is 9.96. The van der Waals surface area contributed by atoms with E-state index in [1.54, 1.807) is 12.1 Å². The minimum absolute atomic E-state index is 0.189. The van der Waals surface area contributed by atoms with Crippen LogP contribution in [-0.2, 0) is 6.42 Å². The van der Waals surface area contributed by atoms with Gasteiger partial charge in [-0.05, 0) is 42.2 Å². The molecule has 1 aliphatic heterocycles. The van der Waals surface area contributed by atoms with Gasteiger partial charge in [0.25, 0.3) is 0 Å². The molecule has 2 aromatic carbocycles. The first kappa shape index (κ1) is 12.5. The van der Waals surface area contributed by atoms with E-state index < -0.39 is 0 Å². The van der Waals surface area contributed by atoms with Crippen LogP contribution < -0.4 is 4.74 Å². The lowest BCUT2D eigenvalue weighted by Gasteiger charge is -2.27. The molecule has 0 amide bonds. The van der Waals surface area contributed by atoms with Crippen molar-refractivity contribution < 1.29 is 25.2 Å². The van der Waals surface area contributed by atoms with Crippen molar-refractivity contribution in [1.29, 1.82) is 0 Å². The van der Waals surface area contributed by atoms with Crippen LogP contribution in [0.15, 0.2) is 30.3 Å². The van der Waals surface area contributed by atoms with Gasteiger partial charge in [-0.2, -0.15) is 0 Å². The zero-order valence-electron chi connectivity index (χ0n) is 10.6. The fourth-order valence-corrected chi connectivity index (χ4v) is 2.39. The lowest BCUT2D eigenvalue weighted by Crippen LogP contribution is -2.15. The summed E-state index contributed by atoms with van der Waals surface area (Å²) in [4.78, 5) is 0. The fraction of sp³-hybridized carbons (Fsp3) is 0.200. The van der Waals surface area contributed by atoms with Gasteiger partial charge >= 0.3 is 0 Å². The van der Waals surface area contributed by atoms with Crippen LogP contribution in [0.4, 0.5) is 0 Å². The molecule has 104 valence electrons. The van der Waals surface area contributed by atoms with Crippen LogP contribution in [-0.4, -0.2) is 20.4 Å². The van der Waals surface area contributed by atoms with Crippen molar-refractivity contribution in [1.82, 2.24) is 0 Å². The highest BCUT2D eigenvalue weighted by Crippen LogP contribution is 2.45. The maximum absolute atomic E-state index is 9.84. The Balaban J connectivity index is 1.95. The SMILES string of the molecule is Oc1ccc(C2CCc3ccc(O)c(O)c3O2)cc1O. The van der Waals surface area contributed by atoms with Gasteiger partial charge in [-0.25, -0.2) is 0 Å². The van der Waals surface area contributed by atoms with Crippen LogP contribution in [0.25, 0.3) is 0 Å². The maximum atomic E-state index is 9.84. The van der Waals surface area contributed by atoms with Gasteiger partial charge in [-0.1, -0.05) is 12.1 Å². The first-order valence-corrected chi connectivity index (χ1v) is 6.28. The summed E-state index contributed by atoms with van der Waals surface area (Å²) in [6.07, 6.45) is 1.03. The summed E-state index contributed by atoms with van der Waals surface area (Å²) in [7, 11) is 0. The Bertz CT molecular complexity index is 666. The molecule has 0 saturated carbocycles. The van der Waals surface area contributed by atoms with E-state index >= 15 is 0 Å². The standard InChI is InChI=1S/C15H14O5/c16-10-4-2-9(7-12(10)18)13-6-3-8-1-5-11(17)14(19)15(8)20-13/h1-2,4-5,7,13,16-19H,3,6H2. The molecule has 0 aromatic heterocycles. The molecule has 20 heavy (non-hydrogen) atoms. The van der Waals surface area contributed by atoms with Crippen LogP contribution in [0, 0.1) is 0 Å². The van der Waals surface area contributed by atoms with Crippen LogP contribution in [0.2, 0.25) is 0 Å². The number of phenolic OH excluding ortho intramolecular Hbond substituents is 4. The number of rotatable bonds is 1. The summed E-state index contributed by atoms with van der Waals surface area (Å²) < 4.78 is 5.72. The smallest absolute Gasteiger partial charge is 0.200 e. The number of fused-ring (bicyclic) bond motifs is 1. The Hall–Kier alpha value is -2.56. The molecule has 2 aromatic rings. The third-order valence-corrected chi connectivity index (χ3v) is 3.50. The number of hydrogen-bond donors (Lipinski definition) is 4. The Kier molecular flexibility index (Phi) is 2.82. The molecule has 4 N–H and O–H groups in total. The number of ether oxygens (including phenoxy) is 1. The summed E-state index contributed by atoms with van der Waals surface area (Å²) in [5.41, 5.74) is 1.54. The minimum Gasteiger partial charge on any atom is -0.504 e. The fourth-order valence-electron chi connectivity index (χ4n) is 2.39. The van der Waals surface area contributed by atoms with E-state index in [1.165, 1.54) is 18.2 Å². The summed E-state index contributed by atoms with van der Waals surface area (Å²) in [5, 5.41) is 38.2. The second-order valence-corrected chi connectivity index (χ2v) is 4.81. The maximum Gasteiger partial charge on any atom is 0.200 e. The first-order valence-electron chi connectivity index (χ1n) is 6.28. The van der Waals surface area contributed by atoms with Crippen LogP contribution in [0.1, 0.15) is 23.7 Å². The first-order chi connectivity index (χ1) is 9.56. The van der Waals surface area contributed by atoms with Gasteiger partial charge in [-0.3, -0.25) is 0 Å². The van der Waals surface area contributed by atoms with Crippen LogP contribution >= 0.6 is 0 Å². The topological polar surface area (TPSA) is 90.2 Å². The Morgan fingerprint density at radius 3 is 2.40 bits per heavy atom. The zero-order valence-corrected chi connectivity index (χ0v) is 10.6. The lowest BCUT2D eigenvalue weighted by molar-refractivity contribution is 0.167. The predicted octanol–water partition coefficient (Wildman–Crippen LogP) is 2.58. The summed E-state index contributed by atoms with van der Waals surface area (Å²) in [6, 6.07) is 7.64. The Morgan fingerprint density at radius 1 is 0.900 bits per heavy atom. The van der Waals surface area contributed by atoms with Gasteiger partial charge < -0.3 is 25.2 Å². The van der Waals surface area contributed by atoms with E-state index in [1.807, 2.05) is 0 Å². The van der Waals surface area contributed by atoms with Crippen molar-refractivity contribution in [3.63, 3.8) is 0 Å². The average molecular weight is 274 g/mol. The molecular formula is C15H14O5. The molecule has 0 aliphatic carbocycles. The predicted molar refractivity (Wildman–Crippen MR) is 71.2 cm³/mol. The summed E-state index contributed by atoms with van der Waals surface area (Å²) in [6.45, 7) is 0. The Morgan fingerprint density at radius 2 is 1.65 bits per heavy atom. The molecule has 5 nitrogen and oxygen atoms in total. The summed E-state index contributed by atoms with van der Waals surface area (Å²) in [5.74, 6) is -0.621. The molecular weight excluding hydrogens is 260 g/mol. The van der Waals surface area contributed by atoms with E-state index in [2.05, 4.69) is 0 Å². The number of aromatic hydroxyl groups is 4. The Labute approximate surface area is 115 Å². The molecule has 0 spiro atoms. The minimum atomic E-state index is -0.346. The van der Waals surface area contributed by atoms with Gasteiger partial charge in [-0.15, -0.1) is 0 Å². The highest BCUT2D eigenvalue weighted by Gasteiger charge is 2.25. The van der Waals surface area contributed by atoms with Gasteiger partial charge in [0.1, 0.15) is 6.10 Å². The van der Waals surface area contributed by atoms with Crippen molar-refractivity contribution >= 4 is 0 Å². The van der Waals surface area contributed by atoms with E-state index in [0.29, 0.717) is 18.4 Å².